The molecule has 1 heterocycles. The molecule has 3 atom stereocenters. The first-order chi connectivity index (χ1) is 7.04. The molecular weight excluding hydrogens is 184 g/mol. The van der Waals surface area contributed by atoms with Crippen LogP contribution in [0.1, 0.15) is 40.0 Å². The van der Waals surface area contributed by atoms with Crippen LogP contribution in [0.15, 0.2) is 0 Å². The molecule has 0 aromatic rings. The predicted octanol–water partition coefficient (Wildman–Crippen LogP) is 1.76. The number of fused-ring (bicyclic) bond motifs is 2. The minimum absolute atomic E-state index is 0.549. The Bertz CT molecular complexity index is 270. The highest BCUT2D eigenvalue weighted by atomic mass is 15.1. The van der Waals surface area contributed by atoms with Gasteiger partial charge in [0, 0.05) is 25.2 Å². The summed E-state index contributed by atoms with van der Waals surface area (Å²) in [6.45, 7) is 9.86. The van der Waals surface area contributed by atoms with Crippen molar-refractivity contribution < 1.29 is 0 Å². The van der Waals surface area contributed by atoms with Crippen LogP contribution in [0.25, 0.3) is 0 Å². The topological polar surface area (TPSA) is 24.1 Å². The van der Waals surface area contributed by atoms with Gasteiger partial charge in [-0.15, -0.1) is 0 Å². The molecule has 2 N–H and O–H groups in total. The number of rotatable bonds is 2. The molecule has 1 aliphatic heterocycles. The average molecular weight is 208 g/mol. The maximum absolute atomic E-state index is 3.88. The first kappa shape index (κ1) is 10.1. The van der Waals surface area contributed by atoms with Gasteiger partial charge in [0.25, 0.3) is 0 Å². The highest BCUT2D eigenvalue weighted by molar-refractivity contribution is 5.13. The Morgan fingerprint density at radius 1 is 1.20 bits per heavy atom. The van der Waals surface area contributed by atoms with Gasteiger partial charge in [-0.1, -0.05) is 20.8 Å². The van der Waals surface area contributed by atoms with Crippen molar-refractivity contribution in [3.8, 4) is 0 Å². The Morgan fingerprint density at radius 2 is 1.93 bits per heavy atom. The average Bonchev–Trinajstić information content (AvgIpc) is 2.43. The SMILES string of the molecule is CC1(C)C2CCC1(C)C(NC1CNC1)C2. The minimum Gasteiger partial charge on any atom is -0.314 e. The fourth-order valence-corrected chi connectivity index (χ4v) is 4.15. The predicted molar refractivity (Wildman–Crippen MR) is 62.8 cm³/mol. The summed E-state index contributed by atoms with van der Waals surface area (Å²) in [7, 11) is 0. The van der Waals surface area contributed by atoms with E-state index in [2.05, 4.69) is 31.4 Å². The largest absolute Gasteiger partial charge is 0.314 e. The summed E-state index contributed by atoms with van der Waals surface area (Å²) in [6, 6.07) is 1.53. The highest BCUT2D eigenvalue weighted by Crippen LogP contribution is 2.65. The third kappa shape index (κ3) is 1.18. The van der Waals surface area contributed by atoms with E-state index in [1.807, 2.05) is 0 Å². The molecule has 1 saturated heterocycles. The van der Waals surface area contributed by atoms with Crippen LogP contribution in [0.5, 0.6) is 0 Å². The minimum atomic E-state index is 0.549. The van der Waals surface area contributed by atoms with Gasteiger partial charge in [0.05, 0.1) is 0 Å². The zero-order valence-electron chi connectivity index (χ0n) is 10.3. The number of nitrogens with one attached hydrogen (secondary N) is 2. The van der Waals surface area contributed by atoms with Crippen molar-refractivity contribution in [3.63, 3.8) is 0 Å². The Hall–Kier alpha value is -0.0800. The van der Waals surface area contributed by atoms with E-state index in [9.17, 15) is 0 Å². The second kappa shape index (κ2) is 2.98. The van der Waals surface area contributed by atoms with Crippen molar-refractivity contribution in [2.75, 3.05) is 13.1 Å². The van der Waals surface area contributed by atoms with Crippen molar-refractivity contribution in [1.82, 2.24) is 10.6 Å². The lowest BCUT2D eigenvalue weighted by Gasteiger charge is -2.43. The van der Waals surface area contributed by atoms with Gasteiger partial charge in [-0.05, 0) is 36.0 Å². The molecule has 3 rings (SSSR count). The van der Waals surface area contributed by atoms with Gasteiger partial charge in [0.2, 0.25) is 0 Å². The van der Waals surface area contributed by atoms with Gasteiger partial charge in [0.1, 0.15) is 0 Å². The Kier molecular flexibility index (Phi) is 2.01. The third-order valence-electron chi connectivity index (χ3n) is 6.01. The van der Waals surface area contributed by atoms with E-state index in [-0.39, 0.29) is 0 Å². The molecule has 0 radical (unpaired) electrons. The van der Waals surface area contributed by atoms with Crippen molar-refractivity contribution in [2.45, 2.75) is 52.1 Å². The highest BCUT2D eigenvalue weighted by Gasteiger charge is 2.61. The van der Waals surface area contributed by atoms with E-state index in [1.165, 1.54) is 32.4 Å². The fourth-order valence-electron chi connectivity index (χ4n) is 4.15. The number of hydrogen-bond acceptors (Lipinski definition) is 2. The Morgan fingerprint density at radius 3 is 2.33 bits per heavy atom. The lowest BCUT2D eigenvalue weighted by molar-refractivity contribution is 0.110. The van der Waals surface area contributed by atoms with Gasteiger partial charge < -0.3 is 10.6 Å². The molecule has 2 aliphatic carbocycles. The zero-order valence-corrected chi connectivity index (χ0v) is 10.3. The first-order valence-corrected chi connectivity index (χ1v) is 6.51. The quantitative estimate of drug-likeness (QED) is 0.722. The number of hydrogen-bond donors (Lipinski definition) is 2. The second-order valence-corrected chi connectivity index (χ2v) is 6.68. The maximum Gasteiger partial charge on any atom is 0.0320 e. The van der Waals surface area contributed by atoms with E-state index < -0.39 is 0 Å². The summed E-state index contributed by atoms with van der Waals surface area (Å²) in [5.41, 5.74) is 1.11. The summed E-state index contributed by atoms with van der Waals surface area (Å²) in [5.74, 6) is 0.966. The van der Waals surface area contributed by atoms with Crippen LogP contribution in [-0.4, -0.2) is 25.2 Å². The van der Waals surface area contributed by atoms with Crippen molar-refractivity contribution in [2.24, 2.45) is 16.7 Å². The molecule has 2 bridgehead atoms. The summed E-state index contributed by atoms with van der Waals surface area (Å²) in [4.78, 5) is 0. The van der Waals surface area contributed by atoms with Gasteiger partial charge >= 0.3 is 0 Å². The molecular formula is C13H24N2. The first-order valence-electron chi connectivity index (χ1n) is 6.51. The molecule has 3 aliphatic rings. The molecule has 0 amide bonds. The maximum atomic E-state index is 3.88. The molecule has 2 nitrogen and oxygen atoms in total. The lowest BCUT2D eigenvalue weighted by atomic mass is 9.69. The normalized spacial score (nSPS) is 48.2. The zero-order chi connectivity index (χ0) is 10.7. The van der Waals surface area contributed by atoms with E-state index in [0.717, 1.165) is 18.0 Å². The third-order valence-corrected chi connectivity index (χ3v) is 6.01. The second-order valence-electron chi connectivity index (χ2n) is 6.68. The van der Waals surface area contributed by atoms with Crippen molar-refractivity contribution in [3.05, 3.63) is 0 Å². The monoisotopic (exact) mass is 208 g/mol. The van der Waals surface area contributed by atoms with Crippen LogP contribution < -0.4 is 10.6 Å². The van der Waals surface area contributed by atoms with Crippen LogP contribution in [0.2, 0.25) is 0 Å². The molecule has 0 aromatic carbocycles. The van der Waals surface area contributed by atoms with Gasteiger partial charge in [0.15, 0.2) is 0 Å². The van der Waals surface area contributed by atoms with Crippen LogP contribution in [0.4, 0.5) is 0 Å². The van der Waals surface area contributed by atoms with Crippen LogP contribution in [-0.2, 0) is 0 Å². The van der Waals surface area contributed by atoms with Gasteiger partial charge in [-0.3, -0.25) is 0 Å². The van der Waals surface area contributed by atoms with E-state index in [4.69, 9.17) is 0 Å². The van der Waals surface area contributed by atoms with E-state index >= 15 is 0 Å². The summed E-state index contributed by atoms with van der Waals surface area (Å²) in [6.07, 6.45) is 4.31. The summed E-state index contributed by atoms with van der Waals surface area (Å²) in [5, 5.41) is 7.23. The van der Waals surface area contributed by atoms with Crippen molar-refractivity contribution in [1.29, 1.82) is 0 Å². The molecule has 15 heavy (non-hydrogen) atoms. The standard InChI is InChI=1S/C13H24N2/c1-12(2)9-4-5-13(12,3)11(6-9)15-10-7-14-8-10/h9-11,14-15H,4-8H2,1-3H3. The summed E-state index contributed by atoms with van der Waals surface area (Å²) < 4.78 is 0. The molecule has 0 spiro atoms. The Balaban J connectivity index is 1.76. The molecule has 3 fully saturated rings. The van der Waals surface area contributed by atoms with Gasteiger partial charge in [-0.25, -0.2) is 0 Å². The van der Waals surface area contributed by atoms with Crippen molar-refractivity contribution >= 4 is 0 Å². The molecule has 86 valence electrons. The van der Waals surface area contributed by atoms with Crippen LogP contribution in [0, 0.1) is 16.7 Å². The van der Waals surface area contributed by atoms with Gasteiger partial charge in [-0.2, -0.15) is 0 Å². The summed E-state index contributed by atoms with van der Waals surface area (Å²) >= 11 is 0. The Labute approximate surface area is 93.2 Å². The van der Waals surface area contributed by atoms with Crippen LogP contribution in [0.3, 0.4) is 0 Å². The smallest absolute Gasteiger partial charge is 0.0320 e. The van der Waals surface area contributed by atoms with E-state index in [1.54, 1.807) is 0 Å². The molecule has 3 unspecified atom stereocenters. The molecule has 0 aromatic heterocycles. The fraction of sp³-hybridized carbons (Fsp3) is 1.00. The molecule has 2 heteroatoms. The lowest BCUT2D eigenvalue weighted by Crippen LogP contribution is -2.60. The van der Waals surface area contributed by atoms with Crippen LogP contribution >= 0.6 is 0 Å². The molecule has 2 saturated carbocycles. The van der Waals surface area contributed by atoms with E-state index in [0.29, 0.717) is 10.8 Å².